The maximum absolute atomic E-state index is 4.90. The van der Waals surface area contributed by atoms with Crippen LogP contribution in [0, 0.1) is 6.92 Å². The third-order valence-corrected chi connectivity index (χ3v) is 4.71. The second kappa shape index (κ2) is 5.69. The molecule has 0 saturated carbocycles. The Bertz CT molecular complexity index is 778. The summed E-state index contributed by atoms with van der Waals surface area (Å²) < 4.78 is 0. The van der Waals surface area contributed by atoms with Gasteiger partial charge in [-0.05, 0) is 39.2 Å². The van der Waals surface area contributed by atoms with Gasteiger partial charge in [0.05, 0.1) is 11.4 Å². The van der Waals surface area contributed by atoms with Crippen molar-refractivity contribution >= 4 is 5.82 Å². The van der Waals surface area contributed by atoms with E-state index in [0.29, 0.717) is 6.04 Å². The molecule has 1 saturated heterocycles. The molecule has 3 aliphatic heterocycles. The summed E-state index contributed by atoms with van der Waals surface area (Å²) in [7, 11) is 0. The summed E-state index contributed by atoms with van der Waals surface area (Å²) in [4.78, 5) is 15.5. The van der Waals surface area contributed by atoms with Crippen molar-refractivity contribution in [2.24, 2.45) is 0 Å². The molecule has 0 radical (unpaired) electrons. The molecule has 0 aliphatic carbocycles. The van der Waals surface area contributed by atoms with E-state index < -0.39 is 0 Å². The summed E-state index contributed by atoms with van der Waals surface area (Å²) in [5.41, 5.74) is 4.22. The number of anilines is 1. The number of benzene rings is 1. The van der Waals surface area contributed by atoms with Gasteiger partial charge in [-0.1, -0.05) is 30.3 Å². The Hall–Kier alpha value is -2.36. The average Bonchev–Trinajstić information content (AvgIpc) is 2.99. The molecule has 118 valence electrons. The van der Waals surface area contributed by atoms with Gasteiger partial charge in [0.15, 0.2) is 5.82 Å². The van der Waals surface area contributed by atoms with Crippen molar-refractivity contribution in [2.45, 2.75) is 39.2 Å². The summed E-state index contributed by atoms with van der Waals surface area (Å²) in [6, 6.07) is 13.0. The van der Waals surface area contributed by atoms with Crippen molar-refractivity contribution in [3.63, 3.8) is 0 Å². The summed E-state index contributed by atoms with van der Waals surface area (Å²) in [5, 5.41) is 0. The fourth-order valence-corrected chi connectivity index (χ4v) is 3.49. The van der Waals surface area contributed by atoms with E-state index in [4.69, 9.17) is 9.97 Å². The first-order valence-corrected chi connectivity index (χ1v) is 8.42. The fraction of sp³-hybridized carbons (Fsp3) is 0.368. The van der Waals surface area contributed by atoms with E-state index in [1.807, 2.05) is 13.0 Å². The molecule has 1 aromatic carbocycles. The summed E-state index contributed by atoms with van der Waals surface area (Å²) in [6.07, 6.45) is 3.77. The molecule has 23 heavy (non-hydrogen) atoms. The molecule has 0 amide bonds. The molecule has 3 aliphatic rings. The van der Waals surface area contributed by atoms with Crippen molar-refractivity contribution in [1.82, 2.24) is 15.0 Å². The Kier molecular flexibility index (Phi) is 3.52. The predicted molar refractivity (Wildman–Crippen MR) is 93.8 cm³/mol. The van der Waals surface area contributed by atoms with Crippen LogP contribution in [0.1, 0.15) is 32.0 Å². The van der Waals surface area contributed by atoms with Crippen LogP contribution < -0.4 is 4.90 Å². The fourth-order valence-electron chi connectivity index (χ4n) is 3.49. The van der Waals surface area contributed by atoms with E-state index in [1.54, 1.807) is 0 Å². The van der Waals surface area contributed by atoms with E-state index in [-0.39, 0.29) is 0 Å². The predicted octanol–water partition coefficient (Wildman–Crippen LogP) is 4.26. The molecule has 1 N–H and O–H groups in total. The number of hydrogen-bond acceptors (Lipinski definition) is 3. The van der Waals surface area contributed by atoms with Gasteiger partial charge < -0.3 is 9.88 Å². The molecule has 1 unspecified atom stereocenters. The quantitative estimate of drug-likeness (QED) is 0.769. The molecule has 1 aromatic rings. The van der Waals surface area contributed by atoms with E-state index in [2.05, 4.69) is 47.1 Å². The maximum atomic E-state index is 4.90. The Balaban J connectivity index is 1.84. The number of aromatic nitrogens is 3. The smallest absolute Gasteiger partial charge is 0.159 e. The standard InChI is InChI=1S/C19H22N4/c1-13-8-6-7-11-23(13)19-18-17(20-14(2)21-19)12-16(22-18)15-9-4-3-5-10-15/h3-5,9-10,12-13H,6-8,11H2,1-2H3,(H,20,21). The number of nitrogens with one attached hydrogen (secondary N) is 1. The Morgan fingerprint density at radius 2 is 1.96 bits per heavy atom. The van der Waals surface area contributed by atoms with Gasteiger partial charge >= 0.3 is 0 Å². The average molecular weight is 306 g/mol. The highest BCUT2D eigenvalue weighted by atomic mass is 15.2. The van der Waals surface area contributed by atoms with E-state index in [0.717, 1.165) is 40.8 Å². The molecule has 4 rings (SSSR count). The third-order valence-electron chi connectivity index (χ3n) is 4.71. The number of fused-ring (bicyclic) bond motifs is 1. The normalized spacial score (nSPS) is 18.5. The molecule has 1 atom stereocenters. The van der Waals surface area contributed by atoms with Crippen molar-refractivity contribution in [3.05, 3.63) is 42.2 Å². The summed E-state index contributed by atoms with van der Waals surface area (Å²) in [5.74, 6) is 1.97. The number of aromatic amines is 1. The molecule has 4 heteroatoms. The van der Waals surface area contributed by atoms with Crippen LogP contribution in [0.4, 0.5) is 5.82 Å². The van der Waals surface area contributed by atoms with Gasteiger partial charge in [-0.25, -0.2) is 9.97 Å². The van der Waals surface area contributed by atoms with E-state index >= 15 is 0 Å². The van der Waals surface area contributed by atoms with Gasteiger partial charge in [-0.2, -0.15) is 0 Å². The Morgan fingerprint density at radius 1 is 1.13 bits per heavy atom. The molecular formula is C19H22N4. The summed E-state index contributed by atoms with van der Waals surface area (Å²) >= 11 is 0. The van der Waals surface area contributed by atoms with Crippen molar-refractivity contribution < 1.29 is 0 Å². The zero-order valence-corrected chi connectivity index (χ0v) is 13.7. The largest absolute Gasteiger partial charge is 0.352 e. The lowest BCUT2D eigenvalue weighted by atomic mass is 10.0. The zero-order valence-electron chi connectivity index (χ0n) is 13.7. The monoisotopic (exact) mass is 306 g/mol. The van der Waals surface area contributed by atoms with Crippen LogP contribution in [0.15, 0.2) is 36.4 Å². The molecule has 4 nitrogen and oxygen atoms in total. The first kappa shape index (κ1) is 14.2. The molecule has 3 heterocycles. The van der Waals surface area contributed by atoms with Crippen LogP contribution in [0.5, 0.6) is 0 Å². The molecule has 0 aromatic heterocycles. The van der Waals surface area contributed by atoms with Crippen molar-refractivity contribution in [1.29, 1.82) is 0 Å². The number of H-pyrrole nitrogens is 1. The highest BCUT2D eigenvalue weighted by molar-refractivity contribution is 5.78. The number of nitrogens with zero attached hydrogens (tertiary/aromatic N) is 3. The highest BCUT2D eigenvalue weighted by Crippen LogP contribution is 2.35. The third kappa shape index (κ3) is 2.58. The minimum atomic E-state index is 0.526. The molecular weight excluding hydrogens is 284 g/mol. The minimum Gasteiger partial charge on any atom is -0.352 e. The zero-order chi connectivity index (χ0) is 15.8. The highest BCUT2D eigenvalue weighted by Gasteiger charge is 2.26. The Labute approximate surface area is 136 Å². The number of aryl methyl sites for hydroxylation is 1. The lowest BCUT2D eigenvalue weighted by Crippen LogP contribution is -2.38. The van der Waals surface area contributed by atoms with Crippen LogP contribution in [0.25, 0.3) is 22.6 Å². The van der Waals surface area contributed by atoms with Gasteiger partial charge in [0, 0.05) is 18.2 Å². The van der Waals surface area contributed by atoms with E-state index in [9.17, 15) is 0 Å². The molecule has 1 fully saturated rings. The first-order valence-electron chi connectivity index (χ1n) is 8.42. The van der Waals surface area contributed by atoms with Crippen molar-refractivity contribution in [2.75, 3.05) is 11.4 Å². The molecule has 0 bridgehead atoms. The topological polar surface area (TPSA) is 44.8 Å². The maximum Gasteiger partial charge on any atom is 0.159 e. The van der Waals surface area contributed by atoms with Crippen LogP contribution >= 0.6 is 0 Å². The van der Waals surface area contributed by atoms with Gasteiger partial charge in [-0.15, -0.1) is 0 Å². The Morgan fingerprint density at radius 3 is 2.74 bits per heavy atom. The number of rotatable bonds is 2. The minimum absolute atomic E-state index is 0.526. The van der Waals surface area contributed by atoms with Crippen LogP contribution in [-0.2, 0) is 0 Å². The lowest BCUT2D eigenvalue weighted by molar-refractivity contribution is 0.480. The van der Waals surface area contributed by atoms with Crippen LogP contribution in [0.2, 0.25) is 0 Å². The second-order valence-corrected chi connectivity index (χ2v) is 6.45. The van der Waals surface area contributed by atoms with E-state index in [1.165, 1.54) is 19.3 Å². The SMILES string of the molecule is Cc1nc(N2CCCCC2C)c2nc(-c3ccccc3)cc-2[nH]1. The summed E-state index contributed by atoms with van der Waals surface area (Å²) in [6.45, 7) is 5.38. The van der Waals surface area contributed by atoms with Crippen LogP contribution in [0.3, 0.4) is 0 Å². The van der Waals surface area contributed by atoms with Crippen LogP contribution in [-0.4, -0.2) is 27.5 Å². The number of piperidine rings is 1. The lowest BCUT2D eigenvalue weighted by Gasteiger charge is -2.35. The molecule has 0 spiro atoms. The first-order chi connectivity index (χ1) is 11.2. The van der Waals surface area contributed by atoms with Gasteiger partial charge in [-0.3, -0.25) is 0 Å². The van der Waals surface area contributed by atoms with Gasteiger partial charge in [0.1, 0.15) is 11.5 Å². The van der Waals surface area contributed by atoms with Gasteiger partial charge in [0.2, 0.25) is 0 Å². The second-order valence-electron chi connectivity index (χ2n) is 6.45. The van der Waals surface area contributed by atoms with Gasteiger partial charge in [0.25, 0.3) is 0 Å². The van der Waals surface area contributed by atoms with Crippen molar-refractivity contribution in [3.8, 4) is 22.6 Å². The number of hydrogen-bond donors (Lipinski definition) is 1.